The number of nitrogens with zero attached hydrogens (tertiary/aromatic N) is 3. The van der Waals surface area contributed by atoms with E-state index in [1.165, 1.54) is 24.6 Å². The van der Waals surface area contributed by atoms with E-state index in [1.54, 1.807) is 12.1 Å². The van der Waals surface area contributed by atoms with Crippen LogP contribution >= 0.6 is 0 Å². The van der Waals surface area contributed by atoms with E-state index in [0.717, 1.165) is 42.8 Å². The summed E-state index contributed by atoms with van der Waals surface area (Å²) in [6.07, 6.45) is 3.00. The second-order valence-electron chi connectivity index (χ2n) is 8.72. The number of hydrogen-bond acceptors (Lipinski definition) is 4. The van der Waals surface area contributed by atoms with Gasteiger partial charge >= 0.3 is 0 Å². The molecular weight excluding hydrogens is 403 g/mol. The lowest BCUT2D eigenvalue weighted by molar-refractivity contribution is 0.207. The predicted octanol–water partition coefficient (Wildman–Crippen LogP) is 4.17. The van der Waals surface area contributed by atoms with Crippen molar-refractivity contribution in [2.45, 2.75) is 19.3 Å². The van der Waals surface area contributed by atoms with E-state index in [2.05, 4.69) is 33.2 Å². The van der Waals surface area contributed by atoms with Gasteiger partial charge in [-0.1, -0.05) is 37.4 Å². The largest absolute Gasteiger partial charge is 0.372 e. The summed E-state index contributed by atoms with van der Waals surface area (Å²) in [5.74, 6) is 0.388. The molecule has 2 aromatic carbocycles. The lowest BCUT2D eigenvalue weighted by Crippen LogP contribution is -2.44. The fourth-order valence-corrected chi connectivity index (χ4v) is 4.51. The third-order valence-corrected chi connectivity index (χ3v) is 6.60. The van der Waals surface area contributed by atoms with Crippen LogP contribution in [0.4, 0.5) is 4.39 Å². The van der Waals surface area contributed by atoms with Crippen molar-refractivity contribution < 1.29 is 4.39 Å². The number of piperazine rings is 1. The van der Waals surface area contributed by atoms with Crippen molar-refractivity contribution in [3.63, 3.8) is 0 Å². The minimum absolute atomic E-state index is 0.207. The van der Waals surface area contributed by atoms with Crippen LogP contribution in [0.3, 0.4) is 0 Å². The van der Waals surface area contributed by atoms with Crippen LogP contribution in [-0.4, -0.2) is 46.2 Å². The van der Waals surface area contributed by atoms with E-state index in [4.69, 9.17) is 0 Å². The summed E-state index contributed by atoms with van der Waals surface area (Å²) in [5, 5.41) is 8.25. The first-order valence-electron chi connectivity index (χ1n) is 11.1. The highest BCUT2D eigenvalue weighted by Crippen LogP contribution is 2.37. The molecule has 3 aromatic rings. The Kier molecular flexibility index (Phi) is 5.29. The van der Waals surface area contributed by atoms with Crippen LogP contribution in [0.1, 0.15) is 29.7 Å². The van der Waals surface area contributed by atoms with Gasteiger partial charge in [-0.2, -0.15) is 5.10 Å². The smallest absolute Gasteiger partial charge is 0.272 e. The normalized spacial score (nSPS) is 16.4. The Bertz CT molecular complexity index is 1250. The van der Waals surface area contributed by atoms with Crippen LogP contribution in [0.5, 0.6) is 0 Å². The predicted molar refractivity (Wildman–Crippen MR) is 126 cm³/mol. The number of H-pyrrole nitrogens is 1. The summed E-state index contributed by atoms with van der Waals surface area (Å²) in [4.78, 5) is 16.6. The molecule has 164 valence electrons. The minimum Gasteiger partial charge on any atom is -0.372 e. The minimum atomic E-state index is -0.275. The molecule has 0 bridgehead atoms. The monoisotopic (exact) mass is 430 g/mol. The van der Waals surface area contributed by atoms with Crippen LogP contribution < -0.4 is 5.56 Å². The second-order valence-corrected chi connectivity index (χ2v) is 8.72. The van der Waals surface area contributed by atoms with Crippen LogP contribution in [0.15, 0.2) is 66.1 Å². The van der Waals surface area contributed by atoms with Crippen molar-refractivity contribution in [1.29, 1.82) is 0 Å². The van der Waals surface area contributed by atoms with Crippen LogP contribution in [0.2, 0.25) is 0 Å². The number of aromatic amines is 1. The second kappa shape index (κ2) is 8.26. The van der Waals surface area contributed by atoms with E-state index >= 15 is 0 Å². The quantitative estimate of drug-likeness (QED) is 0.638. The standard InChI is InChI=1S/C26H27FN4O/c1-17(20-8-9-20)30-11-13-31(14-12-30)18(2)23-15-19(7-10-24(23)27)16-25-21-5-3-4-6-22(21)26(32)29-28-25/h3-7,10,15,20H,1-2,8-9,11-14,16H2,(H,29,32). The average Bonchev–Trinajstić information content (AvgIpc) is 3.67. The molecule has 2 aliphatic rings. The van der Waals surface area contributed by atoms with Crippen molar-refractivity contribution in [3.8, 4) is 0 Å². The fourth-order valence-electron chi connectivity index (χ4n) is 4.51. The van der Waals surface area contributed by atoms with E-state index in [0.29, 0.717) is 29.0 Å². The fraction of sp³-hybridized carbons (Fsp3) is 0.308. The summed E-state index contributed by atoms with van der Waals surface area (Å²) in [6, 6.07) is 12.5. The SMILES string of the molecule is C=C(c1cc(Cc2n[nH]c(=O)c3ccccc23)ccc1F)N1CCN(C(=C)C2CC2)CC1. The van der Waals surface area contributed by atoms with Gasteiger partial charge in [-0.05, 0) is 42.5 Å². The molecule has 1 aliphatic heterocycles. The number of aromatic nitrogens is 2. The Morgan fingerprint density at radius 3 is 2.44 bits per heavy atom. The van der Waals surface area contributed by atoms with Gasteiger partial charge in [0.1, 0.15) is 5.82 Å². The van der Waals surface area contributed by atoms with Gasteiger partial charge < -0.3 is 9.80 Å². The maximum atomic E-state index is 14.8. The Balaban J connectivity index is 1.34. The Morgan fingerprint density at radius 2 is 1.72 bits per heavy atom. The molecule has 2 fully saturated rings. The number of halogens is 1. The maximum Gasteiger partial charge on any atom is 0.272 e. The van der Waals surface area contributed by atoms with Crippen LogP contribution in [0, 0.1) is 11.7 Å². The van der Waals surface area contributed by atoms with Crippen LogP contribution in [0.25, 0.3) is 16.5 Å². The van der Waals surface area contributed by atoms with Crippen molar-refractivity contribution in [1.82, 2.24) is 20.0 Å². The van der Waals surface area contributed by atoms with Crippen LogP contribution in [-0.2, 0) is 6.42 Å². The van der Waals surface area contributed by atoms with Gasteiger partial charge in [0.05, 0.1) is 11.1 Å². The molecule has 1 saturated heterocycles. The molecule has 0 atom stereocenters. The summed E-state index contributed by atoms with van der Waals surface area (Å²) in [5.41, 5.74) is 3.96. The topological polar surface area (TPSA) is 52.2 Å². The molecule has 32 heavy (non-hydrogen) atoms. The molecule has 2 heterocycles. The summed E-state index contributed by atoms with van der Waals surface area (Å²) >= 11 is 0. The van der Waals surface area contributed by atoms with E-state index in [1.807, 2.05) is 24.3 Å². The van der Waals surface area contributed by atoms with Crippen molar-refractivity contribution in [3.05, 3.63) is 94.3 Å². The Morgan fingerprint density at radius 1 is 1.03 bits per heavy atom. The molecule has 1 aromatic heterocycles. The molecule has 5 nitrogen and oxygen atoms in total. The number of allylic oxidation sites excluding steroid dienone is 1. The van der Waals surface area contributed by atoms with Gasteiger partial charge in [0.15, 0.2) is 0 Å². The van der Waals surface area contributed by atoms with E-state index in [-0.39, 0.29) is 11.4 Å². The maximum absolute atomic E-state index is 14.8. The molecule has 6 heteroatoms. The number of hydrogen-bond donors (Lipinski definition) is 1. The Hall–Kier alpha value is -3.41. The first-order valence-corrected chi connectivity index (χ1v) is 11.1. The molecular formula is C26H27FN4O. The van der Waals surface area contributed by atoms with Gasteiger partial charge in [0.25, 0.3) is 5.56 Å². The Labute approximate surface area is 186 Å². The molecule has 0 spiro atoms. The summed E-state index contributed by atoms with van der Waals surface area (Å²) in [7, 11) is 0. The van der Waals surface area contributed by atoms with Crippen molar-refractivity contribution >= 4 is 16.5 Å². The van der Waals surface area contributed by atoms with Crippen molar-refractivity contribution in [2.24, 2.45) is 5.92 Å². The molecule has 0 unspecified atom stereocenters. The van der Waals surface area contributed by atoms with Gasteiger partial charge in [-0.15, -0.1) is 0 Å². The average molecular weight is 431 g/mol. The molecule has 1 aliphatic carbocycles. The highest BCUT2D eigenvalue weighted by Gasteiger charge is 2.30. The molecule has 0 radical (unpaired) electrons. The number of rotatable bonds is 6. The van der Waals surface area contributed by atoms with Gasteiger partial charge in [-0.3, -0.25) is 4.79 Å². The third kappa shape index (κ3) is 3.93. The summed E-state index contributed by atoms with van der Waals surface area (Å²) in [6.45, 7) is 11.9. The highest BCUT2D eigenvalue weighted by molar-refractivity contribution is 5.83. The number of nitrogens with one attached hydrogen (secondary N) is 1. The lowest BCUT2D eigenvalue weighted by atomic mass is 10.0. The number of benzene rings is 2. The first kappa shape index (κ1) is 20.5. The molecule has 1 N–H and O–H groups in total. The van der Waals surface area contributed by atoms with E-state index < -0.39 is 0 Å². The van der Waals surface area contributed by atoms with Crippen molar-refractivity contribution in [2.75, 3.05) is 26.2 Å². The van der Waals surface area contributed by atoms with E-state index in [9.17, 15) is 9.18 Å². The zero-order chi connectivity index (χ0) is 22.2. The zero-order valence-corrected chi connectivity index (χ0v) is 18.1. The first-order chi connectivity index (χ1) is 15.5. The molecule has 1 saturated carbocycles. The van der Waals surface area contributed by atoms with Gasteiger partial charge in [-0.25, -0.2) is 9.49 Å². The number of fused-ring (bicyclic) bond motifs is 1. The third-order valence-electron chi connectivity index (χ3n) is 6.60. The summed E-state index contributed by atoms with van der Waals surface area (Å²) < 4.78 is 14.8. The zero-order valence-electron chi connectivity index (χ0n) is 18.1. The highest BCUT2D eigenvalue weighted by atomic mass is 19.1. The molecule has 0 amide bonds. The molecule has 5 rings (SSSR count). The van der Waals surface area contributed by atoms with Gasteiger partial charge in [0.2, 0.25) is 0 Å². The van der Waals surface area contributed by atoms with Gasteiger partial charge in [0, 0.05) is 54.9 Å². The lowest BCUT2D eigenvalue weighted by Gasteiger charge is -2.39.